The van der Waals surface area contributed by atoms with Crippen molar-refractivity contribution in [2.45, 2.75) is 26.2 Å². The lowest BCUT2D eigenvalue weighted by atomic mass is 9.76. The van der Waals surface area contributed by atoms with E-state index in [4.69, 9.17) is 4.74 Å². The maximum atomic E-state index is 12.7. The summed E-state index contributed by atoms with van der Waals surface area (Å²) in [4.78, 5) is 25.0. The molecule has 3 heteroatoms. The van der Waals surface area contributed by atoms with Gasteiger partial charge < -0.3 is 4.74 Å². The summed E-state index contributed by atoms with van der Waals surface area (Å²) in [5.74, 6) is -0.639. The maximum Gasteiger partial charge on any atom is 0.324 e. The lowest BCUT2D eigenvalue weighted by Gasteiger charge is -2.26. The van der Waals surface area contributed by atoms with Crippen molar-refractivity contribution in [1.29, 1.82) is 0 Å². The Morgan fingerprint density at radius 3 is 2.53 bits per heavy atom. The molecule has 1 aromatic carbocycles. The second-order valence-electron chi connectivity index (χ2n) is 4.78. The molecule has 2 rings (SSSR count). The van der Waals surface area contributed by atoms with Crippen LogP contribution in [0.4, 0.5) is 0 Å². The molecule has 100 valence electrons. The van der Waals surface area contributed by atoms with Crippen molar-refractivity contribution in [2.75, 3.05) is 6.61 Å². The fraction of sp³-hybridized carbons (Fsp3) is 0.375. The summed E-state index contributed by atoms with van der Waals surface area (Å²) in [6.07, 6.45) is 2.01. The van der Waals surface area contributed by atoms with Gasteiger partial charge in [0.15, 0.2) is 11.2 Å². The van der Waals surface area contributed by atoms with E-state index in [1.807, 2.05) is 6.07 Å². The van der Waals surface area contributed by atoms with Gasteiger partial charge in [-0.25, -0.2) is 0 Å². The minimum Gasteiger partial charge on any atom is -0.465 e. The maximum absolute atomic E-state index is 12.7. The monoisotopic (exact) mass is 258 g/mol. The first kappa shape index (κ1) is 13.5. The molecule has 0 spiro atoms. The van der Waals surface area contributed by atoms with Crippen molar-refractivity contribution in [3.63, 3.8) is 0 Å². The molecule has 0 amide bonds. The molecular weight excluding hydrogens is 240 g/mol. The predicted molar refractivity (Wildman–Crippen MR) is 72.8 cm³/mol. The SMILES string of the molecule is C=C1CCCC1(C(=O)OCC)C(=O)c1ccccc1. The molecule has 1 aliphatic rings. The number of carbonyl (C=O) groups is 2. The van der Waals surface area contributed by atoms with Gasteiger partial charge in [0, 0.05) is 5.56 Å². The number of carbonyl (C=O) groups excluding carboxylic acids is 2. The van der Waals surface area contributed by atoms with Gasteiger partial charge in [-0.1, -0.05) is 42.5 Å². The van der Waals surface area contributed by atoms with E-state index < -0.39 is 11.4 Å². The highest BCUT2D eigenvalue weighted by Crippen LogP contribution is 2.45. The Bertz CT molecular complexity index is 504. The highest BCUT2D eigenvalue weighted by Gasteiger charge is 2.51. The molecule has 0 N–H and O–H groups in total. The zero-order chi connectivity index (χ0) is 13.9. The minimum atomic E-state index is -1.17. The van der Waals surface area contributed by atoms with Gasteiger partial charge in [0.2, 0.25) is 0 Å². The molecule has 1 saturated carbocycles. The smallest absolute Gasteiger partial charge is 0.324 e. The summed E-state index contributed by atoms with van der Waals surface area (Å²) in [5.41, 5.74) is 0.0515. The average molecular weight is 258 g/mol. The standard InChI is InChI=1S/C16H18O3/c1-3-19-15(18)16(11-7-8-12(16)2)14(17)13-9-5-4-6-10-13/h4-6,9-10H,2-3,7-8,11H2,1H3. The Hall–Kier alpha value is -1.90. The quantitative estimate of drug-likeness (QED) is 0.360. The van der Waals surface area contributed by atoms with Crippen LogP contribution in [0.1, 0.15) is 36.5 Å². The van der Waals surface area contributed by atoms with Crippen molar-refractivity contribution in [2.24, 2.45) is 5.41 Å². The van der Waals surface area contributed by atoms with Gasteiger partial charge >= 0.3 is 5.97 Å². The van der Waals surface area contributed by atoms with Crippen molar-refractivity contribution in [1.82, 2.24) is 0 Å². The molecule has 1 atom stereocenters. The lowest BCUT2D eigenvalue weighted by Crippen LogP contribution is -2.39. The van der Waals surface area contributed by atoms with Crippen molar-refractivity contribution in [3.8, 4) is 0 Å². The number of hydrogen-bond acceptors (Lipinski definition) is 3. The van der Waals surface area contributed by atoms with E-state index in [0.717, 1.165) is 6.42 Å². The van der Waals surface area contributed by atoms with E-state index in [-0.39, 0.29) is 12.4 Å². The van der Waals surface area contributed by atoms with Crippen LogP contribution >= 0.6 is 0 Å². The zero-order valence-electron chi connectivity index (χ0n) is 11.1. The molecule has 0 aromatic heterocycles. The van der Waals surface area contributed by atoms with Gasteiger partial charge in [-0.15, -0.1) is 0 Å². The van der Waals surface area contributed by atoms with Crippen molar-refractivity contribution in [3.05, 3.63) is 48.0 Å². The fourth-order valence-electron chi connectivity index (χ4n) is 2.66. The molecule has 1 aliphatic carbocycles. The van der Waals surface area contributed by atoms with Gasteiger partial charge in [-0.2, -0.15) is 0 Å². The second-order valence-corrected chi connectivity index (χ2v) is 4.78. The molecule has 1 unspecified atom stereocenters. The Morgan fingerprint density at radius 1 is 1.32 bits per heavy atom. The van der Waals surface area contributed by atoms with Crippen molar-refractivity contribution < 1.29 is 14.3 Å². The number of ketones is 1. The third-order valence-corrected chi connectivity index (χ3v) is 3.68. The third kappa shape index (κ3) is 2.21. The Morgan fingerprint density at radius 2 is 2.00 bits per heavy atom. The summed E-state index contributed by atoms with van der Waals surface area (Å²) in [5, 5.41) is 0. The topological polar surface area (TPSA) is 43.4 Å². The molecule has 1 aromatic rings. The van der Waals surface area contributed by atoms with Crippen LogP contribution in [-0.4, -0.2) is 18.4 Å². The Labute approximate surface area is 113 Å². The largest absolute Gasteiger partial charge is 0.465 e. The molecule has 0 heterocycles. The molecule has 0 radical (unpaired) electrons. The zero-order valence-corrected chi connectivity index (χ0v) is 11.1. The molecule has 0 aliphatic heterocycles. The van der Waals surface area contributed by atoms with Gasteiger partial charge in [0.25, 0.3) is 0 Å². The number of esters is 1. The molecule has 0 saturated heterocycles. The number of benzene rings is 1. The summed E-state index contributed by atoms with van der Waals surface area (Å²) >= 11 is 0. The van der Waals surface area contributed by atoms with Crippen LogP contribution in [0.2, 0.25) is 0 Å². The van der Waals surface area contributed by atoms with E-state index in [9.17, 15) is 9.59 Å². The molecular formula is C16H18O3. The van der Waals surface area contributed by atoms with E-state index in [0.29, 0.717) is 24.0 Å². The molecule has 3 nitrogen and oxygen atoms in total. The number of rotatable bonds is 4. The van der Waals surface area contributed by atoms with Crippen LogP contribution in [-0.2, 0) is 9.53 Å². The fourth-order valence-corrected chi connectivity index (χ4v) is 2.66. The first-order chi connectivity index (χ1) is 9.13. The van der Waals surface area contributed by atoms with E-state index >= 15 is 0 Å². The van der Waals surface area contributed by atoms with Crippen LogP contribution in [0.15, 0.2) is 42.5 Å². The van der Waals surface area contributed by atoms with Gasteiger partial charge in [0.05, 0.1) is 6.61 Å². The predicted octanol–water partition coefficient (Wildman–Crippen LogP) is 3.16. The summed E-state index contributed by atoms with van der Waals surface area (Å²) in [6.45, 7) is 5.96. The van der Waals surface area contributed by atoms with Crippen molar-refractivity contribution >= 4 is 11.8 Å². The van der Waals surface area contributed by atoms with Crippen LogP contribution in [0.3, 0.4) is 0 Å². The van der Waals surface area contributed by atoms with E-state index in [1.165, 1.54) is 0 Å². The average Bonchev–Trinajstić information content (AvgIpc) is 2.82. The van der Waals surface area contributed by atoms with E-state index in [1.54, 1.807) is 31.2 Å². The van der Waals surface area contributed by atoms with Crippen LogP contribution < -0.4 is 0 Å². The van der Waals surface area contributed by atoms with Gasteiger partial charge in [-0.05, 0) is 26.2 Å². The second kappa shape index (κ2) is 5.39. The first-order valence-electron chi connectivity index (χ1n) is 6.58. The highest BCUT2D eigenvalue weighted by atomic mass is 16.5. The number of ether oxygens (including phenoxy) is 1. The summed E-state index contributed by atoms with van der Waals surface area (Å²) in [7, 11) is 0. The number of hydrogen-bond donors (Lipinski definition) is 0. The van der Waals surface area contributed by atoms with E-state index in [2.05, 4.69) is 6.58 Å². The number of Topliss-reactive ketones (excluding diaryl/α,β-unsaturated/α-hetero) is 1. The Balaban J connectivity index is 2.42. The third-order valence-electron chi connectivity index (χ3n) is 3.68. The molecule has 0 bridgehead atoms. The Kier molecular flexibility index (Phi) is 3.84. The minimum absolute atomic E-state index is 0.186. The molecule has 19 heavy (non-hydrogen) atoms. The summed E-state index contributed by atoms with van der Waals surface area (Å²) in [6, 6.07) is 8.90. The summed E-state index contributed by atoms with van der Waals surface area (Å²) < 4.78 is 5.12. The molecule has 1 fully saturated rings. The van der Waals surface area contributed by atoms with Crippen LogP contribution in [0.25, 0.3) is 0 Å². The first-order valence-corrected chi connectivity index (χ1v) is 6.58. The highest BCUT2D eigenvalue weighted by molar-refractivity contribution is 6.15. The van der Waals surface area contributed by atoms with Crippen LogP contribution in [0.5, 0.6) is 0 Å². The van der Waals surface area contributed by atoms with Gasteiger partial charge in [-0.3, -0.25) is 9.59 Å². The van der Waals surface area contributed by atoms with Crippen LogP contribution in [0, 0.1) is 5.41 Å². The lowest BCUT2D eigenvalue weighted by molar-refractivity contribution is -0.150. The van der Waals surface area contributed by atoms with Gasteiger partial charge in [0.1, 0.15) is 0 Å². The normalized spacial score (nSPS) is 22.3.